The molecule has 7 heteroatoms. The molecular weight excluding hydrogens is 549 g/mol. The van der Waals surface area contributed by atoms with Gasteiger partial charge in [0.1, 0.15) is 0 Å². The van der Waals surface area contributed by atoms with Crippen LogP contribution in [-0.2, 0) is 29.1 Å². The number of nitrogens with zero attached hydrogens (tertiary/aromatic N) is 4. The van der Waals surface area contributed by atoms with Crippen LogP contribution in [-0.4, -0.2) is 48.1 Å². The molecule has 0 N–H and O–H groups in total. The Morgan fingerprint density at radius 2 is 0.649 bits per heavy atom. The monoisotopic (exact) mass is 612 g/mol. The van der Waals surface area contributed by atoms with Crippen LogP contribution in [0.15, 0.2) is 0 Å². The quantitative estimate of drug-likeness (QED) is 0.155. The third-order valence-electron chi connectivity index (χ3n) is 5.24. The molecule has 2 atom stereocenters. The predicted octanol–water partition coefficient (Wildman–Crippen LogP) is 9.64. The van der Waals surface area contributed by atoms with Crippen molar-refractivity contribution in [2.45, 2.75) is 172 Å². The van der Waals surface area contributed by atoms with Crippen molar-refractivity contribution >= 4 is 13.6 Å². The van der Waals surface area contributed by atoms with Gasteiger partial charge in [0, 0.05) is 0 Å². The van der Waals surface area contributed by atoms with Crippen molar-refractivity contribution in [3.63, 3.8) is 0 Å². The molecule has 0 bridgehead atoms. The first-order valence-corrected chi connectivity index (χ1v) is 13.1. The van der Waals surface area contributed by atoms with Crippen molar-refractivity contribution in [1.82, 2.24) is 0 Å². The second-order valence-electron chi connectivity index (χ2n) is 14.7. The molecule has 0 saturated heterocycles. The summed E-state index contributed by atoms with van der Waals surface area (Å²) < 4.78 is 0. The Bertz CT molecular complexity index is 504. The Morgan fingerprint density at radius 3 is 0.757 bits per heavy atom. The van der Waals surface area contributed by atoms with Gasteiger partial charge >= 0.3 is 19.5 Å². The van der Waals surface area contributed by atoms with E-state index in [1.807, 2.05) is 0 Å². The van der Waals surface area contributed by atoms with E-state index >= 15 is 0 Å². The standard InChI is InChI=1S/2C14H30N2.2CHO.Ru/c2*1-10-14(8,9)16-11(12(2,3)4)15-13(5,6)7;2*1-2;/h2*11H,10H2,1-9H3;2*1H;/q2*-2;2*-1;+6. The molecule has 0 aliphatic rings. The molecule has 0 saturated carbocycles. The summed E-state index contributed by atoms with van der Waals surface area (Å²) in [5.74, 6) is 0. The van der Waals surface area contributed by atoms with Crippen LogP contribution in [0.3, 0.4) is 0 Å². The number of hydrogen-bond donors (Lipinski definition) is 0. The second kappa shape index (κ2) is 19.0. The van der Waals surface area contributed by atoms with Crippen LogP contribution >= 0.6 is 0 Å². The average Bonchev–Trinajstić information content (AvgIpc) is 2.67. The van der Waals surface area contributed by atoms with Crippen molar-refractivity contribution in [2.75, 3.05) is 0 Å². The summed E-state index contributed by atoms with van der Waals surface area (Å²) in [5.41, 5.74) is 0.190. The zero-order valence-corrected chi connectivity index (χ0v) is 29.4. The molecule has 0 aromatic carbocycles. The van der Waals surface area contributed by atoms with E-state index in [-0.39, 0.29) is 64.8 Å². The molecule has 0 heterocycles. The van der Waals surface area contributed by atoms with Crippen molar-refractivity contribution < 1.29 is 29.1 Å². The van der Waals surface area contributed by atoms with Gasteiger partial charge in [0.25, 0.3) is 0 Å². The summed E-state index contributed by atoms with van der Waals surface area (Å²) >= 11 is 0. The first kappa shape index (κ1) is 46.6. The van der Waals surface area contributed by atoms with Crippen LogP contribution in [0.5, 0.6) is 0 Å². The summed E-state index contributed by atoms with van der Waals surface area (Å²) in [7, 11) is 0. The van der Waals surface area contributed by atoms with E-state index in [1.54, 1.807) is 0 Å². The van der Waals surface area contributed by atoms with Gasteiger partial charge in [-0.15, -0.1) is 22.2 Å². The third kappa shape index (κ3) is 28.6. The minimum absolute atomic E-state index is 0. The zero-order chi connectivity index (χ0) is 30.4. The SMILES string of the molecule is CCC(C)(C)[N-]C([N-]C(C)(C)C)C(C)(C)C.CCC(C)(C)[N-]C([N-]C(C)(C)C)C(C)(C)C.[CH-]=O.[CH-]=O.[Ru+6]. The van der Waals surface area contributed by atoms with E-state index in [1.165, 1.54) is 0 Å². The van der Waals surface area contributed by atoms with E-state index in [0.717, 1.165) is 12.8 Å². The number of carbonyl (C=O) groups excluding carboxylic acids is 2. The van der Waals surface area contributed by atoms with E-state index in [4.69, 9.17) is 30.9 Å². The maximum absolute atomic E-state index is 7.75. The summed E-state index contributed by atoms with van der Waals surface area (Å²) in [6.45, 7) is 45.7. The molecule has 0 aliphatic carbocycles. The van der Waals surface area contributed by atoms with Crippen LogP contribution in [0.1, 0.15) is 137 Å². The fourth-order valence-corrected chi connectivity index (χ4v) is 2.41. The number of hydrogen-bond acceptors (Lipinski definition) is 2. The normalized spacial score (nSPS) is 14.3. The van der Waals surface area contributed by atoms with Gasteiger partial charge in [-0.2, -0.15) is 0 Å². The fraction of sp³-hybridized carbons (Fsp3) is 0.933. The van der Waals surface area contributed by atoms with Gasteiger partial charge in [0.2, 0.25) is 0 Å². The predicted molar refractivity (Wildman–Crippen MR) is 162 cm³/mol. The molecule has 0 radical (unpaired) electrons. The Balaban J connectivity index is -0.000000158. The second-order valence-corrected chi connectivity index (χ2v) is 14.7. The van der Waals surface area contributed by atoms with Crippen LogP contribution < -0.4 is 0 Å². The first-order valence-electron chi connectivity index (χ1n) is 13.1. The molecule has 0 aliphatic heterocycles. The molecule has 37 heavy (non-hydrogen) atoms. The number of rotatable bonds is 8. The summed E-state index contributed by atoms with van der Waals surface area (Å²) in [6.07, 6.45) is 2.25. The molecule has 0 spiro atoms. The van der Waals surface area contributed by atoms with Gasteiger partial charge in [0.15, 0.2) is 0 Å². The van der Waals surface area contributed by atoms with E-state index < -0.39 is 0 Å². The molecule has 0 rings (SSSR count). The Hall–Kier alpha value is -0.197. The minimum Gasteiger partial charge on any atom is -0.673 e. The summed E-state index contributed by atoms with van der Waals surface area (Å²) in [4.78, 5) is 15.5. The average molecular weight is 612 g/mol. The van der Waals surface area contributed by atoms with E-state index in [9.17, 15) is 0 Å². The topological polar surface area (TPSA) is 90.5 Å². The molecule has 0 fully saturated rings. The maximum Gasteiger partial charge on any atom is 6.00 e. The Labute approximate surface area is 246 Å². The molecule has 6 nitrogen and oxygen atoms in total. The summed E-state index contributed by atoms with van der Waals surface area (Å²) in [6, 6.07) is 0. The summed E-state index contributed by atoms with van der Waals surface area (Å²) in [5, 5.41) is 19.5. The van der Waals surface area contributed by atoms with Gasteiger partial charge in [-0.25, -0.2) is 12.3 Å². The van der Waals surface area contributed by atoms with E-state index in [2.05, 4.69) is 138 Å². The minimum atomic E-state index is -0.0226. The van der Waals surface area contributed by atoms with Crippen molar-refractivity contribution in [2.24, 2.45) is 10.8 Å². The van der Waals surface area contributed by atoms with Gasteiger partial charge in [-0.05, 0) is 0 Å². The smallest absolute Gasteiger partial charge is 0.673 e. The molecule has 222 valence electrons. The first-order chi connectivity index (χ1) is 15.7. The molecule has 2 unspecified atom stereocenters. The van der Waals surface area contributed by atoms with Crippen LogP contribution in [0.4, 0.5) is 0 Å². The fourth-order valence-electron chi connectivity index (χ4n) is 2.41. The third-order valence-corrected chi connectivity index (χ3v) is 5.24. The molecule has 0 aromatic heterocycles. The van der Waals surface area contributed by atoms with Gasteiger partial charge in [-0.1, -0.05) is 148 Å². The van der Waals surface area contributed by atoms with E-state index in [0.29, 0.717) is 0 Å². The molecular formula is C30H62N4O2Ru. The van der Waals surface area contributed by atoms with Crippen LogP contribution in [0.2, 0.25) is 0 Å². The molecule has 0 amide bonds. The van der Waals surface area contributed by atoms with Crippen molar-refractivity contribution in [1.29, 1.82) is 0 Å². The molecule has 0 aromatic rings. The van der Waals surface area contributed by atoms with Crippen molar-refractivity contribution in [3.05, 3.63) is 21.3 Å². The maximum atomic E-state index is 7.75. The Morgan fingerprint density at radius 1 is 0.459 bits per heavy atom. The van der Waals surface area contributed by atoms with Crippen LogP contribution in [0.25, 0.3) is 21.3 Å². The van der Waals surface area contributed by atoms with Gasteiger partial charge in [-0.3, -0.25) is 13.6 Å². The largest absolute Gasteiger partial charge is 6.00 e. The van der Waals surface area contributed by atoms with Gasteiger partial charge < -0.3 is 30.9 Å². The zero-order valence-electron chi connectivity index (χ0n) is 27.7. The van der Waals surface area contributed by atoms with Crippen LogP contribution in [0, 0.1) is 10.8 Å². The van der Waals surface area contributed by atoms with Gasteiger partial charge in [0.05, 0.1) is 0 Å². The Kier molecular flexibility index (Phi) is 23.9. The van der Waals surface area contributed by atoms with Crippen molar-refractivity contribution in [3.8, 4) is 0 Å².